The van der Waals surface area contributed by atoms with E-state index >= 15 is 0 Å². The minimum atomic E-state index is -3.54. The number of hydrogen-bond acceptors (Lipinski definition) is 5. The smallest absolute Gasteiger partial charge is 0.240 e. The Bertz CT molecular complexity index is 798. The summed E-state index contributed by atoms with van der Waals surface area (Å²) in [5.74, 6) is 0. The van der Waals surface area contributed by atoms with E-state index < -0.39 is 10.0 Å². The van der Waals surface area contributed by atoms with E-state index in [4.69, 9.17) is 4.74 Å². The molecule has 7 heteroatoms. The average molecular weight is 381 g/mol. The Labute approximate surface area is 153 Å². The Morgan fingerprint density at radius 3 is 2.64 bits per heavy atom. The maximum absolute atomic E-state index is 12.8. The van der Waals surface area contributed by atoms with Gasteiger partial charge in [-0.05, 0) is 47.9 Å². The number of thiophene rings is 1. The molecule has 0 spiro atoms. The molecule has 2 heterocycles. The van der Waals surface area contributed by atoms with Crippen LogP contribution in [0.25, 0.3) is 0 Å². The van der Waals surface area contributed by atoms with Crippen molar-refractivity contribution in [1.29, 1.82) is 0 Å². The first-order valence-corrected chi connectivity index (χ1v) is 10.8. The van der Waals surface area contributed by atoms with Crippen molar-refractivity contribution < 1.29 is 13.2 Å². The number of benzene rings is 1. The molecule has 1 aliphatic rings. The van der Waals surface area contributed by atoms with Crippen LogP contribution in [0.4, 0.5) is 0 Å². The van der Waals surface area contributed by atoms with Crippen LogP contribution in [0, 0.1) is 13.8 Å². The van der Waals surface area contributed by atoms with Crippen molar-refractivity contribution in [3.63, 3.8) is 0 Å². The van der Waals surface area contributed by atoms with Crippen molar-refractivity contribution in [2.45, 2.75) is 24.8 Å². The van der Waals surface area contributed by atoms with Gasteiger partial charge >= 0.3 is 0 Å². The second-order valence-corrected chi connectivity index (χ2v) is 8.86. The zero-order valence-electron chi connectivity index (χ0n) is 14.6. The second-order valence-electron chi connectivity index (χ2n) is 6.34. The Morgan fingerprint density at radius 2 is 2.00 bits per heavy atom. The third kappa shape index (κ3) is 4.48. The number of nitrogens with one attached hydrogen (secondary N) is 1. The topological polar surface area (TPSA) is 58.6 Å². The summed E-state index contributed by atoms with van der Waals surface area (Å²) in [7, 11) is -3.54. The molecule has 1 N–H and O–H groups in total. The van der Waals surface area contributed by atoms with Gasteiger partial charge in [-0.15, -0.1) is 0 Å². The van der Waals surface area contributed by atoms with Gasteiger partial charge in [0.2, 0.25) is 10.0 Å². The highest BCUT2D eigenvalue weighted by Crippen LogP contribution is 2.24. The van der Waals surface area contributed by atoms with Gasteiger partial charge in [-0.3, -0.25) is 4.90 Å². The molecule has 0 bridgehead atoms. The summed E-state index contributed by atoms with van der Waals surface area (Å²) in [6, 6.07) is 7.50. The molecule has 1 aromatic carbocycles. The van der Waals surface area contributed by atoms with Crippen molar-refractivity contribution in [3.05, 3.63) is 51.7 Å². The molecule has 3 rings (SSSR count). The number of sulfonamides is 1. The van der Waals surface area contributed by atoms with Crippen molar-refractivity contribution in [2.24, 2.45) is 0 Å². The first-order valence-electron chi connectivity index (χ1n) is 8.38. The van der Waals surface area contributed by atoms with Crippen LogP contribution in [0.3, 0.4) is 0 Å². The van der Waals surface area contributed by atoms with Crippen molar-refractivity contribution in [3.8, 4) is 0 Å². The van der Waals surface area contributed by atoms with Gasteiger partial charge in [-0.1, -0.05) is 17.7 Å². The zero-order valence-corrected chi connectivity index (χ0v) is 16.2. The average Bonchev–Trinajstić information content (AvgIpc) is 3.10. The molecule has 5 nitrogen and oxygen atoms in total. The van der Waals surface area contributed by atoms with E-state index in [2.05, 4.69) is 21.1 Å². The van der Waals surface area contributed by atoms with Crippen LogP contribution in [0.15, 0.2) is 39.9 Å². The molecule has 1 unspecified atom stereocenters. The number of ether oxygens (including phenoxy) is 1. The molecule has 25 heavy (non-hydrogen) atoms. The highest BCUT2D eigenvalue weighted by Gasteiger charge is 2.25. The third-order valence-corrected chi connectivity index (χ3v) is 6.79. The standard InChI is InChI=1S/C18H24N2O3S2/c1-14-3-4-18(15(2)11-14)25(21,22)19-12-17(16-5-10-24-13-16)20-6-8-23-9-7-20/h3-5,10-11,13,17,19H,6-9,12H2,1-2H3. The number of rotatable bonds is 6. The molecule has 1 aliphatic heterocycles. The number of nitrogens with zero attached hydrogens (tertiary/aromatic N) is 1. The summed E-state index contributed by atoms with van der Waals surface area (Å²) >= 11 is 1.63. The van der Waals surface area contributed by atoms with Crippen LogP contribution in [0.2, 0.25) is 0 Å². The summed E-state index contributed by atoms with van der Waals surface area (Å²) in [6.07, 6.45) is 0. The summed E-state index contributed by atoms with van der Waals surface area (Å²) in [5.41, 5.74) is 2.97. The highest BCUT2D eigenvalue weighted by molar-refractivity contribution is 7.89. The van der Waals surface area contributed by atoms with Crippen molar-refractivity contribution in [2.75, 3.05) is 32.8 Å². The lowest BCUT2D eigenvalue weighted by atomic mass is 10.1. The molecule has 0 aliphatic carbocycles. The lowest BCUT2D eigenvalue weighted by Crippen LogP contribution is -2.43. The molecular formula is C18H24N2O3S2. The van der Waals surface area contributed by atoms with E-state index in [9.17, 15) is 8.42 Å². The minimum absolute atomic E-state index is 0.0238. The Kier molecular flexibility index (Phi) is 5.91. The number of morpholine rings is 1. The van der Waals surface area contributed by atoms with E-state index in [0.29, 0.717) is 24.7 Å². The molecule has 1 fully saturated rings. The molecule has 0 saturated carbocycles. The fourth-order valence-corrected chi connectivity index (χ4v) is 5.15. The van der Waals surface area contributed by atoms with E-state index in [0.717, 1.165) is 29.8 Å². The van der Waals surface area contributed by atoms with Crippen LogP contribution < -0.4 is 4.72 Å². The monoisotopic (exact) mass is 380 g/mol. The third-order valence-electron chi connectivity index (χ3n) is 4.50. The van der Waals surface area contributed by atoms with Crippen molar-refractivity contribution in [1.82, 2.24) is 9.62 Å². The molecular weight excluding hydrogens is 356 g/mol. The lowest BCUT2D eigenvalue weighted by Gasteiger charge is -2.34. The van der Waals surface area contributed by atoms with Gasteiger partial charge in [0.05, 0.1) is 18.1 Å². The Hall–Kier alpha value is -1.25. The van der Waals surface area contributed by atoms with E-state index in [1.54, 1.807) is 17.4 Å². The Morgan fingerprint density at radius 1 is 1.24 bits per heavy atom. The fourth-order valence-electron chi connectivity index (χ4n) is 3.18. The fraction of sp³-hybridized carbons (Fsp3) is 0.444. The van der Waals surface area contributed by atoms with Crippen LogP contribution >= 0.6 is 11.3 Å². The molecule has 2 aromatic rings. The maximum atomic E-state index is 12.8. The first-order chi connectivity index (χ1) is 12.0. The van der Waals surface area contributed by atoms with Gasteiger partial charge in [-0.2, -0.15) is 11.3 Å². The Balaban J connectivity index is 1.78. The summed E-state index contributed by atoms with van der Waals surface area (Å²) < 4.78 is 33.8. The number of hydrogen-bond donors (Lipinski definition) is 1. The van der Waals surface area contributed by atoms with Gasteiger partial charge in [0.15, 0.2) is 0 Å². The lowest BCUT2D eigenvalue weighted by molar-refractivity contribution is 0.0173. The first kappa shape index (κ1) is 18.5. The van der Waals surface area contributed by atoms with Crippen LogP contribution in [-0.4, -0.2) is 46.2 Å². The summed E-state index contributed by atoms with van der Waals surface area (Å²) in [4.78, 5) is 2.64. The summed E-state index contributed by atoms with van der Waals surface area (Å²) in [6.45, 7) is 7.14. The van der Waals surface area contributed by atoms with Crippen LogP contribution in [-0.2, 0) is 14.8 Å². The van der Waals surface area contributed by atoms with Gasteiger partial charge in [-0.25, -0.2) is 13.1 Å². The number of aryl methyl sites for hydroxylation is 2. The highest BCUT2D eigenvalue weighted by atomic mass is 32.2. The SMILES string of the molecule is Cc1ccc(S(=O)(=O)NCC(c2ccsc2)N2CCOCC2)c(C)c1. The zero-order chi connectivity index (χ0) is 17.9. The molecule has 1 aromatic heterocycles. The predicted molar refractivity (Wildman–Crippen MR) is 101 cm³/mol. The second kappa shape index (κ2) is 7.97. The minimum Gasteiger partial charge on any atom is -0.379 e. The van der Waals surface area contributed by atoms with E-state index in [-0.39, 0.29) is 6.04 Å². The van der Waals surface area contributed by atoms with Gasteiger partial charge in [0, 0.05) is 25.7 Å². The normalized spacial score (nSPS) is 17.5. The predicted octanol–water partition coefficient (Wildman–Crippen LogP) is 2.72. The van der Waals surface area contributed by atoms with Crippen molar-refractivity contribution >= 4 is 21.4 Å². The molecule has 0 radical (unpaired) electrons. The van der Waals surface area contributed by atoms with Gasteiger partial charge in [0.25, 0.3) is 0 Å². The largest absolute Gasteiger partial charge is 0.379 e. The van der Waals surface area contributed by atoms with Crippen LogP contribution in [0.1, 0.15) is 22.7 Å². The molecule has 0 amide bonds. The van der Waals surface area contributed by atoms with Gasteiger partial charge < -0.3 is 4.74 Å². The summed E-state index contributed by atoms with van der Waals surface area (Å²) in [5, 5.41) is 4.12. The molecule has 1 atom stereocenters. The van der Waals surface area contributed by atoms with Gasteiger partial charge in [0.1, 0.15) is 0 Å². The van der Waals surface area contributed by atoms with Crippen LogP contribution in [0.5, 0.6) is 0 Å². The maximum Gasteiger partial charge on any atom is 0.240 e. The van der Waals surface area contributed by atoms with E-state index in [1.165, 1.54) is 0 Å². The molecule has 136 valence electrons. The van der Waals surface area contributed by atoms with E-state index in [1.807, 2.05) is 31.4 Å². The quantitative estimate of drug-likeness (QED) is 0.837. The molecule has 1 saturated heterocycles.